The molecule has 0 radical (unpaired) electrons. The Hall–Kier alpha value is -0.620. The van der Waals surface area contributed by atoms with Gasteiger partial charge in [-0.1, -0.05) is 6.92 Å². The minimum absolute atomic E-state index is 0.159. The molecule has 100 valence electrons. The Morgan fingerprint density at radius 3 is 2.82 bits per heavy atom. The van der Waals surface area contributed by atoms with Crippen LogP contribution >= 0.6 is 0 Å². The van der Waals surface area contributed by atoms with Crippen LogP contribution in [-0.2, 0) is 9.84 Å². The second kappa shape index (κ2) is 6.35. The van der Waals surface area contributed by atoms with Gasteiger partial charge in [0.1, 0.15) is 9.84 Å². The number of sulfone groups is 1. The Balaban J connectivity index is 2.30. The summed E-state index contributed by atoms with van der Waals surface area (Å²) in [6, 6.07) is 0. The highest BCUT2D eigenvalue weighted by Crippen LogP contribution is 2.16. The van der Waals surface area contributed by atoms with Crippen LogP contribution in [0.3, 0.4) is 0 Å². The van der Waals surface area contributed by atoms with E-state index in [0.717, 1.165) is 32.5 Å². The molecule has 1 atom stereocenters. The maximum atomic E-state index is 11.3. The predicted octanol–water partition coefficient (Wildman–Crippen LogP) is 0.459. The molecule has 1 fully saturated rings. The molecular weight excluding hydrogens is 238 g/mol. The van der Waals surface area contributed by atoms with Crippen molar-refractivity contribution in [2.75, 3.05) is 31.1 Å². The highest BCUT2D eigenvalue weighted by atomic mass is 32.2. The van der Waals surface area contributed by atoms with E-state index in [2.05, 4.69) is 4.90 Å². The summed E-state index contributed by atoms with van der Waals surface area (Å²) in [5.74, 6) is 0.913. The van der Waals surface area contributed by atoms with Crippen LogP contribution in [0.5, 0.6) is 0 Å². The maximum absolute atomic E-state index is 11.3. The van der Waals surface area contributed by atoms with E-state index in [9.17, 15) is 8.42 Å². The standard InChI is InChI=1S/C11H23N3O2S/c1-2-17(15,16)8-4-7-14-6-3-5-10(9-14)11(12)13/h10H,2-9H2,1H3,(H3,12,13). The zero-order valence-electron chi connectivity index (χ0n) is 10.5. The minimum Gasteiger partial charge on any atom is -0.387 e. The molecule has 0 aromatic carbocycles. The van der Waals surface area contributed by atoms with Gasteiger partial charge in [-0.25, -0.2) is 8.42 Å². The lowest BCUT2D eigenvalue weighted by atomic mass is 9.97. The lowest BCUT2D eigenvalue weighted by Crippen LogP contribution is -2.41. The molecule has 1 rings (SSSR count). The predicted molar refractivity (Wildman–Crippen MR) is 70.0 cm³/mol. The minimum atomic E-state index is -2.84. The summed E-state index contributed by atoms with van der Waals surface area (Å²) >= 11 is 0. The fourth-order valence-corrected chi connectivity index (χ4v) is 3.02. The summed E-state index contributed by atoms with van der Waals surface area (Å²) in [7, 11) is -2.84. The summed E-state index contributed by atoms with van der Waals surface area (Å²) < 4.78 is 22.7. The zero-order chi connectivity index (χ0) is 12.9. The van der Waals surface area contributed by atoms with Crippen molar-refractivity contribution < 1.29 is 8.42 Å². The molecule has 5 nitrogen and oxygen atoms in total. The molecule has 1 aliphatic rings. The summed E-state index contributed by atoms with van der Waals surface area (Å²) in [5, 5.41) is 7.44. The van der Waals surface area contributed by atoms with Gasteiger partial charge < -0.3 is 10.6 Å². The number of amidine groups is 1. The molecule has 6 heteroatoms. The molecule has 1 unspecified atom stereocenters. The van der Waals surface area contributed by atoms with Gasteiger partial charge in [-0.15, -0.1) is 0 Å². The quantitative estimate of drug-likeness (QED) is 0.537. The van der Waals surface area contributed by atoms with Crippen molar-refractivity contribution in [1.29, 1.82) is 5.41 Å². The van der Waals surface area contributed by atoms with E-state index in [1.165, 1.54) is 0 Å². The number of hydrogen-bond acceptors (Lipinski definition) is 4. The van der Waals surface area contributed by atoms with E-state index in [0.29, 0.717) is 6.42 Å². The first kappa shape index (κ1) is 14.4. The SMILES string of the molecule is CCS(=O)(=O)CCCN1CCCC(C(=N)N)C1. The zero-order valence-corrected chi connectivity index (χ0v) is 11.3. The normalized spacial score (nSPS) is 22.5. The number of hydrogen-bond donors (Lipinski definition) is 2. The number of rotatable bonds is 6. The van der Waals surface area contributed by atoms with Crippen molar-refractivity contribution in [2.45, 2.75) is 26.2 Å². The molecule has 0 aliphatic carbocycles. The van der Waals surface area contributed by atoms with Gasteiger partial charge in [0.15, 0.2) is 0 Å². The first-order valence-corrected chi connectivity index (χ1v) is 8.03. The van der Waals surface area contributed by atoms with Gasteiger partial charge in [0.25, 0.3) is 0 Å². The van der Waals surface area contributed by atoms with Crippen LogP contribution in [0.15, 0.2) is 0 Å². The van der Waals surface area contributed by atoms with E-state index >= 15 is 0 Å². The first-order valence-electron chi connectivity index (χ1n) is 6.21. The molecule has 3 N–H and O–H groups in total. The van der Waals surface area contributed by atoms with Crippen molar-refractivity contribution in [1.82, 2.24) is 4.90 Å². The van der Waals surface area contributed by atoms with Crippen LogP contribution in [0, 0.1) is 11.3 Å². The number of nitrogens with zero attached hydrogens (tertiary/aromatic N) is 1. The van der Waals surface area contributed by atoms with Crippen molar-refractivity contribution in [3.8, 4) is 0 Å². The van der Waals surface area contributed by atoms with E-state index in [1.807, 2.05) is 0 Å². The monoisotopic (exact) mass is 261 g/mol. The molecule has 1 aliphatic heterocycles. The average molecular weight is 261 g/mol. The van der Waals surface area contributed by atoms with E-state index in [1.54, 1.807) is 6.92 Å². The molecule has 0 spiro atoms. The van der Waals surface area contributed by atoms with Crippen molar-refractivity contribution in [2.24, 2.45) is 11.7 Å². The smallest absolute Gasteiger partial charge is 0.150 e. The highest BCUT2D eigenvalue weighted by Gasteiger charge is 2.21. The Labute approximate surface area is 104 Å². The average Bonchev–Trinajstić information content (AvgIpc) is 2.29. The first-order chi connectivity index (χ1) is 7.94. The lowest BCUT2D eigenvalue weighted by molar-refractivity contribution is 0.204. The van der Waals surface area contributed by atoms with E-state index in [-0.39, 0.29) is 23.3 Å². The fraction of sp³-hybridized carbons (Fsp3) is 0.909. The number of nitrogens with two attached hydrogens (primary N) is 1. The van der Waals surface area contributed by atoms with Gasteiger partial charge in [0.2, 0.25) is 0 Å². The van der Waals surface area contributed by atoms with Gasteiger partial charge in [-0.05, 0) is 32.4 Å². The van der Waals surface area contributed by atoms with E-state index < -0.39 is 9.84 Å². The van der Waals surface area contributed by atoms with Crippen LogP contribution in [0.25, 0.3) is 0 Å². The molecule has 0 aromatic heterocycles. The summed E-state index contributed by atoms with van der Waals surface area (Å²) in [5.41, 5.74) is 5.51. The molecule has 0 saturated carbocycles. The third-order valence-corrected chi connectivity index (χ3v) is 5.11. The van der Waals surface area contributed by atoms with Crippen LogP contribution in [0.1, 0.15) is 26.2 Å². The van der Waals surface area contributed by atoms with E-state index in [4.69, 9.17) is 11.1 Å². The van der Waals surface area contributed by atoms with Gasteiger partial charge >= 0.3 is 0 Å². The van der Waals surface area contributed by atoms with Crippen molar-refractivity contribution >= 4 is 15.7 Å². The topological polar surface area (TPSA) is 87.2 Å². The molecule has 17 heavy (non-hydrogen) atoms. The molecule has 1 saturated heterocycles. The highest BCUT2D eigenvalue weighted by molar-refractivity contribution is 7.91. The number of piperidine rings is 1. The Bertz CT molecular complexity index is 354. The fourth-order valence-electron chi connectivity index (χ4n) is 2.16. The third kappa shape index (κ3) is 5.04. The molecule has 0 bridgehead atoms. The van der Waals surface area contributed by atoms with Gasteiger partial charge in [0, 0.05) is 18.2 Å². The Kier molecular flexibility index (Phi) is 5.39. The molecular formula is C11H23N3O2S. The third-order valence-electron chi connectivity index (χ3n) is 3.31. The number of nitrogens with one attached hydrogen (secondary N) is 1. The maximum Gasteiger partial charge on any atom is 0.150 e. The van der Waals surface area contributed by atoms with Crippen LogP contribution < -0.4 is 5.73 Å². The summed E-state index contributed by atoms with van der Waals surface area (Å²) in [6.07, 6.45) is 2.71. The second-order valence-electron chi connectivity index (χ2n) is 4.69. The van der Waals surface area contributed by atoms with Crippen molar-refractivity contribution in [3.05, 3.63) is 0 Å². The summed E-state index contributed by atoms with van der Waals surface area (Å²) in [4.78, 5) is 2.22. The Morgan fingerprint density at radius 2 is 2.24 bits per heavy atom. The van der Waals surface area contributed by atoms with Gasteiger partial charge in [-0.2, -0.15) is 0 Å². The van der Waals surface area contributed by atoms with Gasteiger partial charge in [-0.3, -0.25) is 5.41 Å². The Morgan fingerprint density at radius 1 is 1.53 bits per heavy atom. The number of likely N-dealkylation sites (tertiary alicyclic amines) is 1. The molecule has 1 heterocycles. The lowest BCUT2D eigenvalue weighted by Gasteiger charge is -2.31. The molecule has 0 aromatic rings. The van der Waals surface area contributed by atoms with Crippen molar-refractivity contribution in [3.63, 3.8) is 0 Å². The van der Waals surface area contributed by atoms with Gasteiger partial charge in [0.05, 0.1) is 11.6 Å². The summed E-state index contributed by atoms with van der Waals surface area (Å²) in [6.45, 7) is 4.28. The van der Waals surface area contributed by atoms with Crippen LogP contribution in [0.4, 0.5) is 0 Å². The van der Waals surface area contributed by atoms with Crippen LogP contribution in [0.2, 0.25) is 0 Å². The largest absolute Gasteiger partial charge is 0.387 e. The molecule has 0 amide bonds. The second-order valence-corrected chi connectivity index (χ2v) is 7.16. The van der Waals surface area contributed by atoms with Crippen LogP contribution in [-0.4, -0.2) is 50.3 Å².